The van der Waals surface area contributed by atoms with E-state index < -0.39 is 0 Å². The molecule has 1 aliphatic rings. The minimum Gasteiger partial charge on any atom is -0.309 e. The Balaban J connectivity index is 2.24. The monoisotopic (exact) mass is 284 g/mol. The van der Waals surface area contributed by atoms with Gasteiger partial charge in [0.05, 0.1) is 5.69 Å². The van der Waals surface area contributed by atoms with Gasteiger partial charge < -0.3 is 4.98 Å². The van der Waals surface area contributed by atoms with Crippen LogP contribution in [0.4, 0.5) is 0 Å². The second-order valence-corrected chi connectivity index (χ2v) is 5.60. The fourth-order valence-corrected chi connectivity index (χ4v) is 2.51. The van der Waals surface area contributed by atoms with Crippen LogP contribution in [0.5, 0.6) is 0 Å². The van der Waals surface area contributed by atoms with E-state index in [2.05, 4.69) is 32.8 Å². The normalized spacial score (nSPS) is 25.7. The molecule has 1 saturated carbocycles. The Bertz CT molecular complexity index is 433. The molecule has 0 spiro atoms. The number of rotatable bonds is 1. The summed E-state index contributed by atoms with van der Waals surface area (Å²) < 4.78 is 0.556. The van der Waals surface area contributed by atoms with Crippen molar-refractivity contribution >= 4 is 15.9 Å². The van der Waals surface area contributed by atoms with E-state index in [0.717, 1.165) is 30.3 Å². The van der Waals surface area contributed by atoms with Crippen LogP contribution in [0.15, 0.2) is 9.27 Å². The molecule has 0 aliphatic heterocycles. The average Bonchev–Trinajstić information content (AvgIpc) is 2.26. The van der Waals surface area contributed by atoms with Gasteiger partial charge in [0.15, 0.2) is 0 Å². The Morgan fingerprint density at radius 3 is 2.50 bits per heavy atom. The summed E-state index contributed by atoms with van der Waals surface area (Å²) in [5.41, 5.74) is 0.735. The van der Waals surface area contributed by atoms with Crippen LogP contribution in [0.1, 0.15) is 50.0 Å². The van der Waals surface area contributed by atoms with E-state index in [-0.39, 0.29) is 5.56 Å². The van der Waals surface area contributed by atoms with Crippen molar-refractivity contribution in [1.82, 2.24) is 9.97 Å². The molecule has 0 bridgehead atoms. The Hall–Kier alpha value is -0.640. The molecule has 0 radical (unpaired) electrons. The second kappa shape index (κ2) is 4.70. The van der Waals surface area contributed by atoms with Crippen LogP contribution < -0.4 is 5.56 Å². The first kappa shape index (κ1) is 11.8. The van der Waals surface area contributed by atoms with Gasteiger partial charge in [0.1, 0.15) is 10.3 Å². The van der Waals surface area contributed by atoms with E-state index in [4.69, 9.17) is 0 Å². The zero-order valence-corrected chi connectivity index (χ0v) is 11.3. The van der Waals surface area contributed by atoms with Gasteiger partial charge >= 0.3 is 0 Å². The third-order valence-electron chi connectivity index (χ3n) is 3.45. The number of aromatic amines is 1. The summed E-state index contributed by atoms with van der Waals surface area (Å²) in [6.07, 6.45) is 4.77. The van der Waals surface area contributed by atoms with Gasteiger partial charge in [-0.1, -0.05) is 19.8 Å². The number of H-pyrrole nitrogens is 1. The molecule has 0 aromatic carbocycles. The number of nitrogens with one attached hydrogen (secondary N) is 1. The number of aryl methyl sites for hydroxylation is 1. The van der Waals surface area contributed by atoms with E-state index in [1.807, 2.05) is 6.92 Å². The lowest BCUT2D eigenvalue weighted by molar-refractivity contribution is 0.339. The van der Waals surface area contributed by atoms with Crippen LogP contribution in [0.2, 0.25) is 0 Å². The van der Waals surface area contributed by atoms with Crippen molar-refractivity contribution in [2.75, 3.05) is 0 Å². The summed E-state index contributed by atoms with van der Waals surface area (Å²) in [6.45, 7) is 4.16. The van der Waals surface area contributed by atoms with Crippen molar-refractivity contribution in [1.29, 1.82) is 0 Å². The molecule has 1 heterocycles. The Morgan fingerprint density at radius 1 is 1.31 bits per heavy atom. The van der Waals surface area contributed by atoms with Crippen molar-refractivity contribution in [3.8, 4) is 0 Å². The second-order valence-electron chi connectivity index (χ2n) is 4.81. The molecule has 0 atom stereocenters. The number of halogens is 1. The number of aromatic nitrogens is 2. The lowest BCUT2D eigenvalue weighted by Gasteiger charge is -2.25. The van der Waals surface area contributed by atoms with Gasteiger partial charge in [-0.15, -0.1) is 0 Å². The summed E-state index contributed by atoms with van der Waals surface area (Å²) in [6, 6.07) is 0. The molecule has 16 heavy (non-hydrogen) atoms. The van der Waals surface area contributed by atoms with Gasteiger partial charge in [0.25, 0.3) is 5.56 Å². The van der Waals surface area contributed by atoms with Crippen LogP contribution in [0, 0.1) is 12.8 Å². The lowest BCUT2D eigenvalue weighted by Crippen LogP contribution is -2.19. The lowest BCUT2D eigenvalue weighted by atomic mass is 9.82. The molecule has 1 fully saturated rings. The highest BCUT2D eigenvalue weighted by Gasteiger charge is 2.22. The maximum atomic E-state index is 11.6. The van der Waals surface area contributed by atoms with E-state index in [9.17, 15) is 4.79 Å². The molecule has 1 N–H and O–H groups in total. The third kappa shape index (κ3) is 2.37. The summed E-state index contributed by atoms with van der Waals surface area (Å²) in [4.78, 5) is 19.0. The molecule has 1 aromatic rings. The molecular formula is C12H17BrN2O. The Kier molecular flexibility index (Phi) is 3.47. The summed E-state index contributed by atoms with van der Waals surface area (Å²) in [7, 11) is 0. The van der Waals surface area contributed by atoms with Crippen LogP contribution in [-0.2, 0) is 0 Å². The van der Waals surface area contributed by atoms with E-state index in [1.165, 1.54) is 12.8 Å². The van der Waals surface area contributed by atoms with Crippen molar-refractivity contribution < 1.29 is 0 Å². The molecule has 88 valence electrons. The van der Waals surface area contributed by atoms with Crippen LogP contribution >= 0.6 is 15.9 Å². The van der Waals surface area contributed by atoms with Crippen molar-refractivity contribution in [2.24, 2.45) is 5.92 Å². The highest BCUT2D eigenvalue weighted by molar-refractivity contribution is 9.10. The summed E-state index contributed by atoms with van der Waals surface area (Å²) >= 11 is 3.24. The zero-order valence-electron chi connectivity index (χ0n) is 9.72. The molecule has 0 amide bonds. The molecule has 2 rings (SSSR count). The molecular weight excluding hydrogens is 268 g/mol. The topological polar surface area (TPSA) is 45.8 Å². The van der Waals surface area contributed by atoms with Crippen molar-refractivity contribution in [3.63, 3.8) is 0 Å². The number of hydrogen-bond donors (Lipinski definition) is 1. The smallest absolute Gasteiger partial charge is 0.265 e. The maximum absolute atomic E-state index is 11.6. The molecule has 0 unspecified atom stereocenters. The minimum absolute atomic E-state index is 0.0545. The zero-order chi connectivity index (χ0) is 11.7. The van der Waals surface area contributed by atoms with Crippen molar-refractivity contribution in [3.05, 3.63) is 26.3 Å². The first-order valence-electron chi connectivity index (χ1n) is 5.84. The predicted octanol–water partition coefficient (Wildman–Crippen LogP) is 3.13. The predicted molar refractivity (Wildman–Crippen MR) is 67.7 cm³/mol. The van der Waals surface area contributed by atoms with Gasteiger partial charge in [0.2, 0.25) is 0 Å². The largest absolute Gasteiger partial charge is 0.309 e. The van der Waals surface area contributed by atoms with E-state index >= 15 is 0 Å². The summed E-state index contributed by atoms with van der Waals surface area (Å²) in [5.74, 6) is 2.13. The molecule has 0 saturated heterocycles. The molecule has 1 aliphatic carbocycles. The Morgan fingerprint density at radius 2 is 1.94 bits per heavy atom. The summed E-state index contributed by atoms with van der Waals surface area (Å²) in [5, 5.41) is 0. The average molecular weight is 285 g/mol. The molecule has 3 nitrogen and oxygen atoms in total. The standard InChI is InChI=1S/C12H17BrN2O/c1-7-3-5-9(6-4-7)11-14-8(2)10(13)12(16)15-11/h7,9H,3-6H2,1-2H3,(H,14,15,16). The molecule has 4 heteroatoms. The van der Waals surface area contributed by atoms with Gasteiger partial charge in [0, 0.05) is 5.92 Å². The SMILES string of the molecule is Cc1nc(C2CCC(C)CC2)[nH]c(=O)c1Br. The van der Waals surface area contributed by atoms with Gasteiger partial charge in [-0.05, 0) is 41.6 Å². The van der Waals surface area contributed by atoms with Crippen LogP contribution in [0.3, 0.4) is 0 Å². The van der Waals surface area contributed by atoms with Crippen LogP contribution in [0.25, 0.3) is 0 Å². The number of hydrogen-bond acceptors (Lipinski definition) is 2. The van der Waals surface area contributed by atoms with Gasteiger partial charge in [-0.25, -0.2) is 4.98 Å². The number of nitrogens with zero attached hydrogens (tertiary/aromatic N) is 1. The maximum Gasteiger partial charge on any atom is 0.265 e. The quantitative estimate of drug-likeness (QED) is 0.861. The Labute approximate surface area is 104 Å². The molecule has 1 aromatic heterocycles. The fourth-order valence-electron chi connectivity index (χ4n) is 2.32. The van der Waals surface area contributed by atoms with Gasteiger partial charge in [-0.2, -0.15) is 0 Å². The van der Waals surface area contributed by atoms with Gasteiger partial charge in [-0.3, -0.25) is 4.79 Å². The minimum atomic E-state index is -0.0545. The fraction of sp³-hybridized carbons (Fsp3) is 0.667. The highest BCUT2D eigenvalue weighted by Crippen LogP contribution is 2.33. The van der Waals surface area contributed by atoms with E-state index in [0.29, 0.717) is 10.4 Å². The highest BCUT2D eigenvalue weighted by atomic mass is 79.9. The van der Waals surface area contributed by atoms with Crippen LogP contribution in [-0.4, -0.2) is 9.97 Å². The first-order chi connectivity index (χ1) is 7.58. The first-order valence-corrected chi connectivity index (χ1v) is 6.63. The van der Waals surface area contributed by atoms with E-state index in [1.54, 1.807) is 0 Å². The van der Waals surface area contributed by atoms with Crippen molar-refractivity contribution in [2.45, 2.75) is 45.4 Å². The third-order valence-corrected chi connectivity index (χ3v) is 4.38.